The van der Waals surface area contributed by atoms with Crippen LogP contribution in [0.1, 0.15) is 46.5 Å². The molecule has 0 radical (unpaired) electrons. The Kier molecular flexibility index (Phi) is 13.1. The Morgan fingerprint density at radius 3 is 2.27 bits per heavy atom. The van der Waals surface area contributed by atoms with Crippen LogP contribution >= 0.6 is 46.3 Å². The molecule has 4 aromatic carbocycles. The summed E-state index contributed by atoms with van der Waals surface area (Å²) in [6.45, 7) is 3.83. The highest BCUT2D eigenvalue weighted by molar-refractivity contribution is 8.00. The van der Waals surface area contributed by atoms with Gasteiger partial charge < -0.3 is 20.7 Å². The summed E-state index contributed by atoms with van der Waals surface area (Å²) in [7, 11) is 0. The zero-order valence-electron chi connectivity index (χ0n) is 27.6. The van der Waals surface area contributed by atoms with Gasteiger partial charge in [0.05, 0.1) is 21.9 Å². The summed E-state index contributed by atoms with van der Waals surface area (Å²) in [5.41, 5.74) is 3.02. The Bertz CT molecular complexity index is 2070. The molecular weight excluding hydrogens is 725 g/mol. The zero-order chi connectivity index (χ0) is 36.3. The van der Waals surface area contributed by atoms with Crippen LogP contribution in [0.2, 0.25) is 10.0 Å². The molecule has 0 fully saturated rings. The third-order valence-electron chi connectivity index (χ3n) is 7.44. The topological polar surface area (TPSA) is 114 Å². The minimum atomic E-state index is -0.597. The maximum Gasteiger partial charge on any atom is 0.341 e. The van der Waals surface area contributed by atoms with Gasteiger partial charge in [-0.3, -0.25) is 14.4 Å². The van der Waals surface area contributed by atoms with Gasteiger partial charge in [-0.05, 0) is 66.9 Å². The van der Waals surface area contributed by atoms with E-state index >= 15 is 0 Å². The highest BCUT2D eigenvalue weighted by Gasteiger charge is 2.26. The number of rotatable bonds is 13. The molecule has 0 bridgehead atoms. The van der Waals surface area contributed by atoms with Crippen molar-refractivity contribution in [2.24, 2.45) is 0 Å². The van der Waals surface area contributed by atoms with Crippen LogP contribution in [0.5, 0.6) is 0 Å². The van der Waals surface area contributed by atoms with Crippen molar-refractivity contribution in [3.8, 4) is 11.1 Å². The first-order valence-electron chi connectivity index (χ1n) is 15.9. The van der Waals surface area contributed by atoms with Crippen LogP contribution in [-0.4, -0.2) is 35.5 Å². The fourth-order valence-electron chi connectivity index (χ4n) is 4.94. The van der Waals surface area contributed by atoms with E-state index in [1.807, 2.05) is 48.7 Å². The molecule has 1 aromatic heterocycles. The molecule has 51 heavy (non-hydrogen) atoms. The first-order valence-corrected chi connectivity index (χ1v) is 18.4. The van der Waals surface area contributed by atoms with Crippen LogP contribution in [0.25, 0.3) is 17.2 Å². The van der Waals surface area contributed by atoms with E-state index in [1.54, 1.807) is 73.7 Å². The molecule has 12 heteroatoms. The van der Waals surface area contributed by atoms with Crippen molar-refractivity contribution >= 4 is 86.8 Å². The van der Waals surface area contributed by atoms with Crippen LogP contribution < -0.4 is 16.0 Å². The standard InChI is InChI=1S/C39H33Cl2N3O5S2/c1-3-32(37(47)44-38-33(39(48)49-4-2)29(23-50-38)24-13-7-5-8-14-24)51-28-19-12-18-27(22-28)42-36(46)31(21-26-17-11-20-30(40)34(26)41)43-35(45)25-15-9-6-10-16-25/h5-23,32H,3-4H2,1-2H3,(H,42,46)(H,43,45)(H,44,47)/b31-21+. The molecule has 1 heterocycles. The third-order valence-corrected chi connectivity index (χ3v) is 10.5. The van der Waals surface area contributed by atoms with Gasteiger partial charge >= 0.3 is 5.97 Å². The number of amides is 3. The van der Waals surface area contributed by atoms with E-state index in [9.17, 15) is 19.2 Å². The number of carbonyl (C=O) groups is 4. The number of halogens is 2. The van der Waals surface area contributed by atoms with Gasteiger partial charge in [0.25, 0.3) is 11.8 Å². The van der Waals surface area contributed by atoms with Crippen LogP contribution in [0.4, 0.5) is 10.7 Å². The van der Waals surface area contributed by atoms with Crippen molar-refractivity contribution in [1.82, 2.24) is 5.32 Å². The molecule has 0 aliphatic heterocycles. The van der Waals surface area contributed by atoms with Crippen molar-refractivity contribution in [3.05, 3.63) is 141 Å². The molecule has 260 valence electrons. The maximum atomic E-state index is 13.6. The monoisotopic (exact) mass is 757 g/mol. The number of anilines is 2. The Hall–Kier alpha value is -4.87. The predicted molar refractivity (Wildman–Crippen MR) is 208 cm³/mol. The molecule has 1 atom stereocenters. The summed E-state index contributed by atoms with van der Waals surface area (Å²) in [6, 6.07) is 30.0. The highest BCUT2D eigenvalue weighted by atomic mass is 35.5. The van der Waals surface area contributed by atoms with E-state index in [0.717, 1.165) is 5.56 Å². The van der Waals surface area contributed by atoms with Gasteiger partial charge in [0.1, 0.15) is 16.3 Å². The normalized spacial score (nSPS) is 11.7. The number of ether oxygens (including phenoxy) is 1. The number of hydrogen-bond acceptors (Lipinski definition) is 7. The molecule has 8 nitrogen and oxygen atoms in total. The molecule has 3 amide bonds. The molecule has 3 N–H and O–H groups in total. The molecule has 5 aromatic rings. The van der Waals surface area contributed by atoms with Crippen molar-refractivity contribution in [2.75, 3.05) is 17.2 Å². The van der Waals surface area contributed by atoms with Crippen molar-refractivity contribution in [1.29, 1.82) is 0 Å². The third kappa shape index (κ3) is 9.68. The van der Waals surface area contributed by atoms with Crippen LogP contribution in [0, 0.1) is 0 Å². The maximum absolute atomic E-state index is 13.6. The number of thioether (sulfide) groups is 1. The molecular formula is C39H33Cl2N3O5S2. The number of hydrogen-bond donors (Lipinski definition) is 3. The van der Waals surface area contributed by atoms with Crippen molar-refractivity contribution < 1.29 is 23.9 Å². The lowest BCUT2D eigenvalue weighted by molar-refractivity contribution is -0.116. The molecule has 0 spiro atoms. The minimum absolute atomic E-state index is 0.0555. The summed E-state index contributed by atoms with van der Waals surface area (Å²) < 4.78 is 5.34. The van der Waals surface area contributed by atoms with Gasteiger partial charge in [-0.25, -0.2) is 4.79 Å². The summed E-state index contributed by atoms with van der Waals surface area (Å²) >= 11 is 15.2. The smallest absolute Gasteiger partial charge is 0.341 e. The van der Waals surface area contributed by atoms with E-state index in [1.165, 1.54) is 29.2 Å². The molecule has 5 rings (SSSR count). The summed E-state index contributed by atoms with van der Waals surface area (Å²) in [6.07, 6.45) is 1.94. The van der Waals surface area contributed by atoms with Gasteiger partial charge in [0.15, 0.2) is 0 Å². The zero-order valence-corrected chi connectivity index (χ0v) is 30.7. The van der Waals surface area contributed by atoms with Gasteiger partial charge in [-0.15, -0.1) is 23.1 Å². The van der Waals surface area contributed by atoms with E-state index in [-0.39, 0.29) is 23.2 Å². The average molecular weight is 759 g/mol. The molecule has 1 unspecified atom stereocenters. The molecule has 0 aliphatic rings. The Morgan fingerprint density at radius 2 is 1.57 bits per heavy atom. The first kappa shape index (κ1) is 37.4. The number of nitrogens with one attached hydrogen (secondary N) is 3. The predicted octanol–water partition coefficient (Wildman–Crippen LogP) is 9.82. The SMILES string of the molecule is CCOC(=O)c1c(-c2ccccc2)csc1NC(=O)C(CC)Sc1cccc(NC(=O)/C(=C\c2cccc(Cl)c2Cl)NC(=O)c2ccccc2)c1. The average Bonchev–Trinajstić information content (AvgIpc) is 3.56. The fraction of sp³-hybridized carbons (Fsp3) is 0.128. The van der Waals surface area contributed by atoms with Gasteiger partial charge in [0, 0.05) is 27.1 Å². The number of esters is 1. The molecule has 0 saturated carbocycles. The quantitative estimate of drug-likeness (QED) is 0.0626. The lowest BCUT2D eigenvalue weighted by atomic mass is 10.0. The number of carbonyl (C=O) groups excluding carboxylic acids is 4. The lowest BCUT2D eigenvalue weighted by Crippen LogP contribution is -2.30. The van der Waals surface area contributed by atoms with Gasteiger partial charge in [-0.1, -0.05) is 96.9 Å². The molecule has 0 aliphatic carbocycles. The second-order valence-corrected chi connectivity index (χ2v) is 13.9. The Morgan fingerprint density at radius 1 is 0.863 bits per heavy atom. The largest absolute Gasteiger partial charge is 0.462 e. The van der Waals surface area contributed by atoms with Gasteiger partial charge in [-0.2, -0.15) is 0 Å². The second-order valence-electron chi connectivity index (χ2n) is 10.9. The van der Waals surface area contributed by atoms with Crippen LogP contribution in [0.3, 0.4) is 0 Å². The van der Waals surface area contributed by atoms with E-state index in [0.29, 0.717) is 49.3 Å². The summed E-state index contributed by atoms with van der Waals surface area (Å²) in [5, 5.41) is 10.7. The van der Waals surface area contributed by atoms with Crippen molar-refractivity contribution in [3.63, 3.8) is 0 Å². The number of thiophene rings is 1. The fourth-order valence-corrected chi connectivity index (χ4v) is 7.28. The van der Waals surface area contributed by atoms with Crippen LogP contribution in [-0.2, 0) is 14.3 Å². The van der Waals surface area contributed by atoms with Crippen molar-refractivity contribution in [2.45, 2.75) is 30.4 Å². The lowest BCUT2D eigenvalue weighted by Gasteiger charge is -2.16. The summed E-state index contributed by atoms with van der Waals surface area (Å²) in [4.78, 5) is 54.1. The first-order chi connectivity index (χ1) is 24.7. The second kappa shape index (κ2) is 17.9. The van der Waals surface area contributed by atoms with E-state index < -0.39 is 23.0 Å². The van der Waals surface area contributed by atoms with Gasteiger partial charge in [0.2, 0.25) is 5.91 Å². The Balaban J connectivity index is 1.34. The minimum Gasteiger partial charge on any atom is -0.462 e. The van der Waals surface area contributed by atoms with E-state index in [2.05, 4.69) is 16.0 Å². The molecule has 0 saturated heterocycles. The van der Waals surface area contributed by atoms with E-state index in [4.69, 9.17) is 27.9 Å². The van der Waals surface area contributed by atoms with Crippen LogP contribution in [0.15, 0.2) is 119 Å². The number of benzene rings is 4. The highest BCUT2D eigenvalue weighted by Crippen LogP contribution is 2.37. The summed E-state index contributed by atoms with van der Waals surface area (Å²) in [5.74, 6) is -1.87. The Labute approximate surface area is 314 Å².